The molecular weight excluding hydrogens is 347 g/mol. The molecule has 1 aliphatic heterocycles. The first kappa shape index (κ1) is 17.1. The highest BCUT2D eigenvalue weighted by molar-refractivity contribution is 6.31. The zero-order chi connectivity index (χ0) is 18.1. The fraction of sp³-hybridized carbons (Fsp3) is 0.167. The van der Waals surface area contributed by atoms with Crippen LogP contribution in [-0.4, -0.2) is 35.2 Å². The summed E-state index contributed by atoms with van der Waals surface area (Å²) in [7, 11) is 0. The summed E-state index contributed by atoms with van der Waals surface area (Å²) in [6.45, 7) is 1.19. The molecule has 1 saturated heterocycles. The van der Waals surface area contributed by atoms with Crippen molar-refractivity contribution in [2.45, 2.75) is 13.0 Å². The second-order valence-electron chi connectivity index (χ2n) is 5.66. The number of urea groups is 1. The van der Waals surface area contributed by atoms with Gasteiger partial charge in [0.1, 0.15) is 11.9 Å². The smallest absolute Gasteiger partial charge is 0.292 e. The Balaban J connectivity index is 1.83. The third kappa shape index (κ3) is 3.25. The Morgan fingerprint density at radius 1 is 1.16 bits per heavy atom. The quantitative estimate of drug-likeness (QED) is 0.619. The molecule has 3 amide bonds. The van der Waals surface area contributed by atoms with Gasteiger partial charge in [-0.25, -0.2) is 9.18 Å². The summed E-state index contributed by atoms with van der Waals surface area (Å²) >= 11 is 5.86. The second kappa shape index (κ2) is 6.64. The van der Waals surface area contributed by atoms with Crippen LogP contribution in [0.3, 0.4) is 0 Å². The molecule has 0 saturated carbocycles. The zero-order valence-corrected chi connectivity index (χ0v) is 14.0. The lowest BCUT2D eigenvalue weighted by molar-refractivity contribution is -0.126. The highest BCUT2D eigenvalue weighted by Crippen LogP contribution is 2.26. The molecule has 2 aromatic rings. The summed E-state index contributed by atoms with van der Waals surface area (Å²) in [5.74, 6) is -1.32. The number of Topliss-reactive ketones (excluding diaryl/α,β-unsaturated/α-hetero) is 1. The lowest BCUT2D eigenvalue weighted by atomic mass is 10.1. The first-order valence-electron chi connectivity index (χ1n) is 7.57. The van der Waals surface area contributed by atoms with Crippen molar-refractivity contribution < 1.29 is 18.8 Å². The SMILES string of the molecule is C[C@H]1C(=O)N(CC(=O)c2cccc(Cl)c2)C(=O)N1c1ccc(F)cc1. The minimum absolute atomic E-state index is 0.320. The maximum Gasteiger partial charge on any atom is 0.332 e. The predicted octanol–water partition coefficient (Wildman–Crippen LogP) is 3.52. The van der Waals surface area contributed by atoms with Crippen LogP contribution in [0.2, 0.25) is 5.02 Å². The van der Waals surface area contributed by atoms with Gasteiger partial charge in [-0.1, -0.05) is 23.7 Å². The van der Waals surface area contributed by atoms with Crippen molar-refractivity contribution in [1.82, 2.24) is 4.90 Å². The van der Waals surface area contributed by atoms with E-state index in [2.05, 4.69) is 0 Å². The van der Waals surface area contributed by atoms with Crippen LogP contribution in [0.4, 0.5) is 14.9 Å². The summed E-state index contributed by atoms with van der Waals surface area (Å²) in [4.78, 5) is 39.5. The van der Waals surface area contributed by atoms with Gasteiger partial charge in [-0.2, -0.15) is 0 Å². The Morgan fingerprint density at radius 3 is 2.48 bits per heavy atom. The van der Waals surface area contributed by atoms with Crippen LogP contribution in [0.15, 0.2) is 48.5 Å². The molecule has 1 heterocycles. The van der Waals surface area contributed by atoms with Crippen molar-refractivity contribution in [2.75, 3.05) is 11.4 Å². The molecule has 7 heteroatoms. The molecule has 25 heavy (non-hydrogen) atoms. The highest BCUT2D eigenvalue weighted by atomic mass is 35.5. The summed E-state index contributed by atoms with van der Waals surface area (Å²) in [6, 6.07) is 10.2. The van der Waals surface area contributed by atoms with Crippen LogP contribution in [0, 0.1) is 5.82 Å². The van der Waals surface area contributed by atoms with Gasteiger partial charge in [0.25, 0.3) is 5.91 Å². The van der Waals surface area contributed by atoms with Gasteiger partial charge in [0.05, 0.1) is 6.54 Å². The number of rotatable bonds is 4. The number of imide groups is 1. The Bertz CT molecular complexity index is 854. The van der Waals surface area contributed by atoms with Gasteiger partial charge in [-0.15, -0.1) is 0 Å². The predicted molar refractivity (Wildman–Crippen MR) is 91.2 cm³/mol. The van der Waals surface area contributed by atoms with E-state index < -0.39 is 29.6 Å². The monoisotopic (exact) mass is 360 g/mol. The van der Waals surface area contributed by atoms with Gasteiger partial charge in [0.15, 0.2) is 5.78 Å². The molecule has 5 nitrogen and oxygen atoms in total. The number of benzene rings is 2. The molecular formula is C18H14ClFN2O3. The van der Waals surface area contributed by atoms with Crippen molar-refractivity contribution in [3.05, 3.63) is 64.9 Å². The molecule has 0 radical (unpaired) electrons. The summed E-state index contributed by atoms with van der Waals surface area (Å²) < 4.78 is 13.1. The minimum atomic E-state index is -0.773. The molecule has 1 atom stereocenters. The van der Waals surface area contributed by atoms with E-state index in [1.807, 2.05) is 0 Å². The summed E-state index contributed by atoms with van der Waals surface area (Å²) in [5.41, 5.74) is 0.714. The average molecular weight is 361 g/mol. The van der Waals surface area contributed by atoms with E-state index in [-0.39, 0.29) is 6.54 Å². The number of carbonyl (C=O) groups is 3. The molecule has 0 bridgehead atoms. The first-order valence-corrected chi connectivity index (χ1v) is 7.95. The molecule has 1 aliphatic rings. The van der Waals surface area contributed by atoms with Gasteiger partial charge in [-0.3, -0.25) is 19.4 Å². The highest BCUT2D eigenvalue weighted by Gasteiger charge is 2.44. The Hall–Kier alpha value is -2.73. The van der Waals surface area contributed by atoms with Crippen LogP contribution in [0.5, 0.6) is 0 Å². The fourth-order valence-electron chi connectivity index (χ4n) is 2.70. The van der Waals surface area contributed by atoms with Gasteiger partial charge < -0.3 is 0 Å². The molecule has 1 fully saturated rings. The third-order valence-corrected chi connectivity index (χ3v) is 4.24. The second-order valence-corrected chi connectivity index (χ2v) is 6.10. The molecule has 128 valence electrons. The molecule has 0 aliphatic carbocycles. The number of anilines is 1. The summed E-state index contributed by atoms with van der Waals surface area (Å²) in [5, 5.41) is 0.395. The van der Waals surface area contributed by atoms with Gasteiger partial charge >= 0.3 is 6.03 Å². The maximum atomic E-state index is 13.1. The van der Waals surface area contributed by atoms with E-state index in [4.69, 9.17) is 11.6 Å². The molecule has 0 spiro atoms. The van der Waals surface area contributed by atoms with Gasteiger partial charge in [0, 0.05) is 16.3 Å². The van der Waals surface area contributed by atoms with E-state index in [1.54, 1.807) is 25.1 Å². The number of nitrogens with zero attached hydrogens (tertiary/aromatic N) is 2. The number of hydrogen-bond donors (Lipinski definition) is 0. The van der Waals surface area contributed by atoms with Crippen molar-refractivity contribution in [3.8, 4) is 0 Å². The lowest BCUT2D eigenvalue weighted by Crippen LogP contribution is -2.37. The number of amides is 3. The van der Waals surface area contributed by atoms with Gasteiger partial charge in [0.2, 0.25) is 0 Å². The fourth-order valence-corrected chi connectivity index (χ4v) is 2.89. The van der Waals surface area contributed by atoms with Crippen LogP contribution >= 0.6 is 11.6 Å². The molecule has 3 rings (SSSR count). The zero-order valence-electron chi connectivity index (χ0n) is 13.3. The van der Waals surface area contributed by atoms with Crippen LogP contribution in [0.25, 0.3) is 0 Å². The number of ketones is 1. The molecule has 2 aromatic carbocycles. The van der Waals surface area contributed by atoms with E-state index in [0.717, 1.165) is 4.90 Å². The minimum Gasteiger partial charge on any atom is -0.292 e. The van der Waals surface area contributed by atoms with Crippen molar-refractivity contribution in [2.24, 2.45) is 0 Å². The topological polar surface area (TPSA) is 57.7 Å². The number of carbonyl (C=O) groups excluding carboxylic acids is 3. The van der Waals surface area contributed by atoms with E-state index in [9.17, 15) is 18.8 Å². The van der Waals surface area contributed by atoms with E-state index >= 15 is 0 Å². The van der Waals surface area contributed by atoms with E-state index in [1.165, 1.54) is 35.2 Å². The number of halogens is 2. The van der Waals surface area contributed by atoms with Crippen LogP contribution in [0.1, 0.15) is 17.3 Å². The van der Waals surface area contributed by atoms with Gasteiger partial charge in [-0.05, 0) is 43.3 Å². The van der Waals surface area contributed by atoms with Crippen LogP contribution < -0.4 is 4.90 Å². The Kier molecular flexibility index (Phi) is 4.55. The Labute approximate surface area is 148 Å². The largest absolute Gasteiger partial charge is 0.332 e. The molecule has 0 unspecified atom stereocenters. The molecule has 0 aromatic heterocycles. The van der Waals surface area contributed by atoms with Crippen molar-refractivity contribution in [1.29, 1.82) is 0 Å². The normalized spacial score (nSPS) is 17.3. The Morgan fingerprint density at radius 2 is 1.84 bits per heavy atom. The standard InChI is InChI=1S/C18H14ClFN2O3/c1-11-17(24)21(10-16(23)12-3-2-4-13(19)9-12)18(25)22(11)15-7-5-14(20)6-8-15/h2-9,11H,10H2,1H3/t11-/m0/s1. The molecule has 0 N–H and O–H groups in total. The third-order valence-electron chi connectivity index (χ3n) is 4.00. The van der Waals surface area contributed by atoms with Crippen molar-refractivity contribution >= 4 is 35.0 Å². The van der Waals surface area contributed by atoms with Crippen molar-refractivity contribution in [3.63, 3.8) is 0 Å². The summed E-state index contributed by atoms with van der Waals surface area (Å²) in [6.07, 6.45) is 0. The van der Waals surface area contributed by atoms with Crippen LogP contribution in [-0.2, 0) is 4.79 Å². The lowest BCUT2D eigenvalue weighted by Gasteiger charge is -2.19. The average Bonchev–Trinajstić information content (AvgIpc) is 2.79. The van der Waals surface area contributed by atoms with E-state index in [0.29, 0.717) is 16.3 Å². The first-order chi connectivity index (χ1) is 11.9. The number of hydrogen-bond acceptors (Lipinski definition) is 3. The maximum absolute atomic E-state index is 13.1.